The Kier molecular flexibility index (Phi) is 3.84. The molecule has 0 radical (unpaired) electrons. The van der Waals surface area contributed by atoms with Gasteiger partial charge in [-0.2, -0.15) is 5.26 Å². The summed E-state index contributed by atoms with van der Waals surface area (Å²) < 4.78 is 1.06. The van der Waals surface area contributed by atoms with Crippen LogP contribution in [0.3, 0.4) is 0 Å². The molecule has 0 aliphatic carbocycles. The standard InChI is InChI=1S/C16H14BrN/c1-16(12-18,14-5-3-2-4-6-14)11-13-7-9-15(17)10-8-13/h2-10H,11H2,1H3. The Balaban J connectivity index is 2.30. The van der Waals surface area contributed by atoms with Crippen LogP contribution in [0.5, 0.6) is 0 Å². The van der Waals surface area contributed by atoms with Crippen molar-refractivity contribution in [3.05, 3.63) is 70.2 Å². The minimum absolute atomic E-state index is 0.477. The van der Waals surface area contributed by atoms with E-state index in [1.165, 1.54) is 5.56 Å². The van der Waals surface area contributed by atoms with Crippen LogP contribution in [0, 0.1) is 11.3 Å². The van der Waals surface area contributed by atoms with Crippen molar-refractivity contribution in [2.24, 2.45) is 0 Å². The fourth-order valence-corrected chi connectivity index (χ4v) is 2.29. The lowest BCUT2D eigenvalue weighted by molar-refractivity contribution is 0.606. The average Bonchev–Trinajstić information content (AvgIpc) is 2.42. The summed E-state index contributed by atoms with van der Waals surface area (Å²) in [4.78, 5) is 0. The highest BCUT2D eigenvalue weighted by Crippen LogP contribution is 2.27. The third-order valence-electron chi connectivity index (χ3n) is 3.13. The SMILES string of the molecule is CC(C#N)(Cc1ccc(Br)cc1)c1ccccc1. The van der Waals surface area contributed by atoms with E-state index >= 15 is 0 Å². The smallest absolute Gasteiger partial charge is 0.0834 e. The van der Waals surface area contributed by atoms with Crippen LogP contribution in [0.15, 0.2) is 59.1 Å². The van der Waals surface area contributed by atoms with Gasteiger partial charge in [-0.1, -0.05) is 58.4 Å². The van der Waals surface area contributed by atoms with E-state index in [0.29, 0.717) is 0 Å². The lowest BCUT2D eigenvalue weighted by Gasteiger charge is -2.22. The molecule has 0 amide bonds. The van der Waals surface area contributed by atoms with E-state index in [2.05, 4.69) is 34.1 Å². The molecule has 18 heavy (non-hydrogen) atoms. The van der Waals surface area contributed by atoms with Crippen LogP contribution in [0.2, 0.25) is 0 Å². The van der Waals surface area contributed by atoms with Crippen molar-refractivity contribution >= 4 is 15.9 Å². The molecule has 0 N–H and O–H groups in total. The number of rotatable bonds is 3. The van der Waals surface area contributed by atoms with Crippen molar-refractivity contribution in [1.29, 1.82) is 5.26 Å². The monoisotopic (exact) mass is 299 g/mol. The molecule has 0 fully saturated rings. The van der Waals surface area contributed by atoms with Crippen LogP contribution in [0.4, 0.5) is 0 Å². The zero-order valence-electron chi connectivity index (χ0n) is 10.2. The predicted octanol–water partition coefficient (Wildman–Crippen LogP) is 4.47. The van der Waals surface area contributed by atoms with Gasteiger partial charge in [-0.05, 0) is 36.6 Å². The van der Waals surface area contributed by atoms with E-state index in [1.807, 2.05) is 49.4 Å². The molecule has 90 valence electrons. The van der Waals surface area contributed by atoms with Crippen LogP contribution in [-0.4, -0.2) is 0 Å². The number of nitrogens with zero attached hydrogens (tertiary/aromatic N) is 1. The van der Waals surface area contributed by atoms with Crippen LogP contribution < -0.4 is 0 Å². The van der Waals surface area contributed by atoms with E-state index < -0.39 is 5.41 Å². The lowest BCUT2D eigenvalue weighted by atomic mass is 9.79. The molecule has 2 aromatic rings. The zero-order valence-corrected chi connectivity index (χ0v) is 11.8. The number of benzene rings is 2. The predicted molar refractivity (Wildman–Crippen MR) is 77.3 cm³/mol. The molecule has 1 atom stereocenters. The molecule has 1 unspecified atom stereocenters. The van der Waals surface area contributed by atoms with Gasteiger partial charge < -0.3 is 0 Å². The third-order valence-corrected chi connectivity index (χ3v) is 3.66. The minimum atomic E-state index is -0.477. The Morgan fingerprint density at radius 1 is 1.06 bits per heavy atom. The van der Waals surface area contributed by atoms with E-state index in [-0.39, 0.29) is 0 Å². The van der Waals surface area contributed by atoms with E-state index in [1.54, 1.807) is 0 Å². The van der Waals surface area contributed by atoms with Gasteiger partial charge in [-0.15, -0.1) is 0 Å². The maximum Gasteiger partial charge on any atom is 0.0834 e. The minimum Gasteiger partial charge on any atom is -0.197 e. The van der Waals surface area contributed by atoms with Crippen LogP contribution in [0.25, 0.3) is 0 Å². The quantitative estimate of drug-likeness (QED) is 0.820. The van der Waals surface area contributed by atoms with Gasteiger partial charge in [0, 0.05) is 4.47 Å². The topological polar surface area (TPSA) is 23.8 Å². The van der Waals surface area contributed by atoms with Gasteiger partial charge in [0.15, 0.2) is 0 Å². The van der Waals surface area contributed by atoms with Gasteiger partial charge in [0.25, 0.3) is 0 Å². The number of nitriles is 1. The highest BCUT2D eigenvalue weighted by atomic mass is 79.9. The Hall–Kier alpha value is -1.59. The first-order chi connectivity index (χ1) is 8.64. The summed E-state index contributed by atoms with van der Waals surface area (Å²) in [6, 6.07) is 20.5. The second-order valence-corrected chi connectivity index (χ2v) is 5.53. The van der Waals surface area contributed by atoms with Gasteiger partial charge in [0.1, 0.15) is 0 Å². The Bertz CT molecular complexity index is 554. The molecule has 0 saturated heterocycles. The number of hydrogen-bond donors (Lipinski definition) is 0. The average molecular weight is 300 g/mol. The molecule has 0 heterocycles. The molecule has 2 aromatic carbocycles. The molecular formula is C16H14BrN. The summed E-state index contributed by atoms with van der Waals surface area (Å²) in [6.07, 6.45) is 0.723. The Labute approximate surface area is 116 Å². The first-order valence-corrected chi connectivity index (χ1v) is 6.64. The molecule has 0 bridgehead atoms. The fraction of sp³-hybridized carbons (Fsp3) is 0.188. The van der Waals surface area contributed by atoms with Crippen molar-refractivity contribution in [3.8, 4) is 6.07 Å². The molecule has 0 saturated carbocycles. The van der Waals surface area contributed by atoms with Gasteiger partial charge in [0.2, 0.25) is 0 Å². The molecule has 0 aromatic heterocycles. The second-order valence-electron chi connectivity index (χ2n) is 4.61. The summed E-state index contributed by atoms with van der Waals surface area (Å²) in [7, 11) is 0. The van der Waals surface area contributed by atoms with Crippen molar-refractivity contribution in [2.45, 2.75) is 18.8 Å². The Morgan fingerprint density at radius 2 is 1.67 bits per heavy atom. The molecule has 2 heteroatoms. The summed E-state index contributed by atoms with van der Waals surface area (Å²) in [5, 5.41) is 9.50. The van der Waals surface area contributed by atoms with Crippen molar-refractivity contribution in [2.75, 3.05) is 0 Å². The maximum absolute atomic E-state index is 9.50. The fourth-order valence-electron chi connectivity index (χ4n) is 2.02. The van der Waals surface area contributed by atoms with Gasteiger partial charge >= 0.3 is 0 Å². The van der Waals surface area contributed by atoms with E-state index in [9.17, 15) is 5.26 Å². The molecule has 1 nitrogen and oxygen atoms in total. The molecule has 0 spiro atoms. The number of hydrogen-bond acceptors (Lipinski definition) is 1. The van der Waals surface area contributed by atoms with Gasteiger partial charge in [0.05, 0.1) is 11.5 Å². The van der Waals surface area contributed by atoms with Gasteiger partial charge in [-0.25, -0.2) is 0 Å². The maximum atomic E-state index is 9.50. The number of halogens is 1. The highest BCUT2D eigenvalue weighted by molar-refractivity contribution is 9.10. The van der Waals surface area contributed by atoms with E-state index in [0.717, 1.165) is 16.5 Å². The molecular weight excluding hydrogens is 286 g/mol. The summed E-state index contributed by atoms with van der Waals surface area (Å²) in [6.45, 7) is 1.99. The van der Waals surface area contributed by atoms with Crippen LogP contribution in [0.1, 0.15) is 18.1 Å². The molecule has 0 aliphatic rings. The Morgan fingerprint density at radius 3 is 2.22 bits per heavy atom. The van der Waals surface area contributed by atoms with Crippen LogP contribution in [-0.2, 0) is 11.8 Å². The second kappa shape index (κ2) is 5.37. The van der Waals surface area contributed by atoms with Crippen molar-refractivity contribution in [3.63, 3.8) is 0 Å². The summed E-state index contributed by atoms with van der Waals surface area (Å²) in [5.41, 5.74) is 1.76. The van der Waals surface area contributed by atoms with E-state index in [4.69, 9.17) is 0 Å². The third kappa shape index (κ3) is 2.80. The first-order valence-electron chi connectivity index (χ1n) is 5.85. The van der Waals surface area contributed by atoms with Crippen LogP contribution >= 0.6 is 15.9 Å². The first kappa shape index (κ1) is 12.9. The summed E-state index contributed by atoms with van der Waals surface area (Å²) >= 11 is 3.42. The largest absolute Gasteiger partial charge is 0.197 e. The zero-order chi connectivity index (χ0) is 13.0. The lowest BCUT2D eigenvalue weighted by Crippen LogP contribution is -2.22. The normalized spacial score (nSPS) is 13.6. The molecule has 0 aliphatic heterocycles. The summed E-state index contributed by atoms with van der Waals surface area (Å²) in [5.74, 6) is 0. The van der Waals surface area contributed by atoms with Gasteiger partial charge in [-0.3, -0.25) is 0 Å². The highest BCUT2D eigenvalue weighted by Gasteiger charge is 2.26. The van der Waals surface area contributed by atoms with Crippen molar-refractivity contribution in [1.82, 2.24) is 0 Å². The molecule has 2 rings (SSSR count). The van der Waals surface area contributed by atoms with Crippen molar-refractivity contribution < 1.29 is 0 Å².